The maximum absolute atomic E-state index is 13.9. The second-order valence-electron chi connectivity index (χ2n) is 9.43. The fourth-order valence-electron chi connectivity index (χ4n) is 4.86. The minimum absolute atomic E-state index is 0.0172. The van der Waals surface area contributed by atoms with Crippen molar-refractivity contribution in [3.05, 3.63) is 97.8 Å². The van der Waals surface area contributed by atoms with Crippen molar-refractivity contribution in [1.82, 2.24) is 4.90 Å². The van der Waals surface area contributed by atoms with E-state index >= 15 is 0 Å². The summed E-state index contributed by atoms with van der Waals surface area (Å²) in [4.78, 5) is 21.4. The number of hydrogen-bond donors (Lipinski definition) is 0. The minimum Gasteiger partial charge on any atom is -0.487 e. The molecule has 3 aromatic carbocycles. The molecule has 3 aromatic rings. The molecule has 5 rings (SSSR count). The molecule has 0 aromatic heterocycles. The molecule has 0 N–H and O–H groups in total. The third-order valence-electron chi connectivity index (χ3n) is 6.77. The largest absolute Gasteiger partial charge is 0.487 e. The number of halogens is 2. The molecule has 2 atom stereocenters. The molecule has 4 nitrogen and oxygen atoms in total. The van der Waals surface area contributed by atoms with E-state index in [1.54, 1.807) is 0 Å². The van der Waals surface area contributed by atoms with Gasteiger partial charge in [0, 0.05) is 16.1 Å². The molecular weight excluding hydrogens is 612 g/mol. The fourth-order valence-corrected chi connectivity index (χ4v) is 7.27. The first-order chi connectivity index (χ1) is 18.0. The van der Waals surface area contributed by atoms with Gasteiger partial charge >= 0.3 is 0 Å². The average molecular weight is 640 g/mol. The van der Waals surface area contributed by atoms with E-state index in [0.717, 1.165) is 50.2 Å². The molecule has 0 bridgehead atoms. The monoisotopic (exact) mass is 638 g/mol. The van der Waals surface area contributed by atoms with Crippen LogP contribution in [0.5, 0.6) is 5.75 Å². The summed E-state index contributed by atoms with van der Waals surface area (Å²) < 4.78 is 8.00. The van der Waals surface area contributed by atoms with Gasteiger partial charge in [-0.25, -0.2) is 4.99 Å². The van der Waals surface area contributed by atoms with Gasteiger partial charge in [0.15, 0.2) is 5.17 Å². The zero-order chi connectivity index (χ0) is 25.8. The summed E-state index contributed by atoms with van der Waals surface area (Å²) in [5.41, 5.74) is 2.77. The number of para-hydroxylation sites is 1. The molecule has 7 heteroatoms. The van der Waals surface area contributed by atoms with Gasteiger partial charge in [0.25, 0.3) is 5.91 Å². The summed E-state index contributed by atoms with van der Waals surface area (Å²) in [5.74, 6) is 1.16. The Morgan fingerprint density at radius 2 is 1.73 bits per heavy atom. The minimum atomic E-state index is 0.0172. The van der Waals surface area contributed by atoms with Crippen molar-refractivity contribution < 1.29 is 9.53 Å². The number of carbonyl (C=O) groups is 1. The van der Waals surface area contributed by atoms with Crippen LogP contribution in [-0.4, -0.2) is 22.0 Å². The Morgan fingerprint density at radius 3 is 2.46 bits per heavy atom. The quantitative estimate of drug-likeness (QED) is 0.253. The topological polar surface area (TPSA) is 41.9 Å². The highest BCUT2D eigenvalue weighted by Crippen LogP contribution is 2.42. The van der Waals surface area contributed by atoms with E-state index in [2.05, 4.69) is 38.8 Å². The average Bonchev–Trinajstić information content (AvgIpc) is 3.19. The lowest BCUT2D eigenvalue weighted by Gasteiger charge is -2.35. The van der Waals surface area contributed by atoms with Gasteiger partial charge in [-0.2, -0.15) is 0 Å². The van der Waals surface area contributed by atoms with Gasteiger partial charge in [0.05, 0.1) is 15.1 Å². The zero-order valence-corrected chi connectivity index (χ0v) is 24.6. The summed E-state index contributed by atoms with van der Waals surface area (Å²) in [5, 5.41) is 0.752. The lowest BCUT2D eigenvalue weighted by Crippen LogP contribution is -2.44. The van der Waals surface area contributed by atoms with Crippen molar-refractivity contribution in [3.8, 4) is 5.75 Å². The molecule has 37 heavy (non-hydrogen) atoms. The second-order valence-corrected chi connectivity index (χ2v) is 12.2. The Labute approximate surface area is 239 Å². The molecular formula is C30H28Br2N2O2S. The highest BCUT2D eigenvalue weighted by molar-refractivity contribution is 9.11. The number of thioether (sulfide) groups is 1. The molecule has 1 aliphatic carbocycles. The molecule has 2 fully saturated rings. The van der Waals surface area contributed by atoms with E-state index in [4.69, 9.17) is 9.73 Å². The first-order valence-corrected chi connectivity index (χ1v) is 14.9. The van der Waals surface area contributed by atoms with E-state index in [1.807, 2.05) is 83.8 Å². The SMILES string of the molecule is C[C@H]1CCCC[C@H]1N1C(=O)/C(=C/c2cc(Br)cc(Br)c2OCc2ccccc2)SC1=Nc1ccccc1. The standard InChI is InChI=1S/C30H28Br2N2O2S/c1-20-10-8-9-15-26(20)34-29(35)27(37-30(34)33-24-13-6-3-7-14-24)17-22-16-23(31)18-25(32)28(22)36-19-21-11-4-2-5-12-21/h2-7,11-14,16-18,20,26H,8-10,15,19H2,1H3/b27-17-,33-30?/t20-,26+/m0/s1. The number of amides is 1. The van der Waals surface area contributed by atoms with Crippen LogP contribution in [0.1, 0.15) is 43.7 Å². The lowest BCUT2D eigenvalue weighted by molar-refractivity contribution is -0.124. The van der Waals surface area contributed by atoms with Crippen molar-refractivity contribution in [3.63, 3.8) is 0 Å². The van der Waals surface area contributed by atoms with Gasteiger partial charge in [-0.05, 0) is 82.4 Å². The summed E-state index contributed by atoms with van der Waals surface area (Å²) in [6.07, 6.45) is 6.43. The number of rotatable bonds is 6. The van der Waals surface area contributed by atoms with Gasteiger partial charge in [0.1, 0.15) is 12.4 Å². The number of aliphatic imine (C=N–C) groups is 1. The van der Waals surface area contributed by atoms with Crippen LogP contribution in [0.15, 0.2) is 91.6 Å². The van der Waals surface area contributed by atoms with Crippen LogP contribution in [0, 0.1) is 5.92 Å². The number of amidine groups is 1. The summed E-state index contributed by atoms with van der Waals surface area (Å²) >= 11 is 8.72. The van der Waals surface area contributed by atoms with Crippen LogP contribution >= 0.6 is 43.6 Å². The number of benzene rings is 3. The van der Waals surface area contributed by atoms with Gasteiger partial charge < -0.3 is 4.74 Å². The highest BCUT2D eigenvalue weighted by Gasteiger charge is 2.41. The van der Waals surface area contributed by atoms with Gasteiger partial charge in [-0.15, -0.1) is 0 Å². The molecule has 0 radical (unpaired) electrons. The first kappa shape index (κ1) is 26.3. The number of nitrogens with zero attached hydrogens (tertiary/aromatic N) is 2. The Kier molecular flexibility index (Phi) is 8.53. The van der Waals surface area contributed by atoms with Crippen LogP contribution in [0.2, 0.25) is 0 Å². The van der Waals surface area contributed by atoms with Crippen molar-refractivity contribution >= 4 is 66.5 Å². The summed E-state index contributed by atoms with van der Waals surface area (Å²) in [6.45, 7) is 2.69. The van der Waals surface area contributed by atoms with E-state index in [9.17, 15) is 4.79 Å². The molecule has 1 heterocycles. The van der Waals surface area contributed by atoms with Crippen molar-refractivity contribution in [2.45, 2.75) is 45.3 Å². The maximum atomic E-state index is 13.9. The molecule has 2 aliphatic rings. The van der Waals surface area contributed by atoms with Crippen molar-refractivity contribution in [2.75, 3.05) is 0 Å². The summed E-state index contributed by atoms with van der Waals surface area (Å²) in [6, 6.07) is 24.1. The lowest BCUT2D eigenvalue weighted by atomic mass is 9.85. The predicted octanol–water partition coefficient (Wildman–Crippen LogP) is 8.97. The molecule has 1 saturated carbocycles. The van der Waals surface area contributed by atoms with E-state index in [-0.39, 0.29) is 11.9 Å². The molecule has 0 spiro atoms. The molecule has 1 saturated heterocycles. The van der Waals surface area contributed by atoms with Gasteiger partial charge in [0.2, 0.25) is 0 Å². The second kappa shape index (κ2) is 12.0. The van der Waals surface area contributed by atoms with Crippen LogP contribution in [-0.2, 0) is 11.4 Å². The number of hydrogen-bond acceptors (Lipinski definition) is 4. The third-order valence-corrected chi connectivity index (χ3v) is 8.80. The predicted molar refractivity (Wildman–Crippen MR) is 160 cm³/mol. The zero-order valence-electron chi connectivity index (χ0n) is 20.6. The number of ether oxygens (including phenoxy) is 1. The Balaban J connectivity index is 1.51. The molecule has 190 valence electrons. The Morgan fingerprint density at radius 1 is 1.03 bits per heavy atom. The van der Waals surface area contributed by atoms with E-state index in [1.165, 1.54) is 18.2 Å². The smallest absolute Gasteiger partial charge is 0.267 e. The van der Waals surface area contributed by atoms with E-state index < -0.39 is 0 Å². The Hall–Kier alpha value is -2.35. The maximum Gasteiger partial charge on any atom is 0.267 e. The molecule has 1 amide bonds. The highest BCUT2D eigenvalue weighted by atomic mass is 79.9. The molecule has 1 aliphatic heterocycles. The van der Waals surface area contributed by atoms with Gasteiger partial charge in [-0.1, -0.05) is 84.2 Å². The van der Waals surface area contributed by atoms with E-state index in [0.29, 0.717) is 23.2 Å². The molecule has 0 unspecified atom stereocenters. The Bertz CT molecular complexity index is 1330. The third kappa shape index (κ3) is 6.21. The van der Waals surface area contributed by atoms with Crippen LogP contribution in [0.4, 0.5) is 5.69 Å². The number of carbonyl (C=O) groups excluding carboxylic acids is 1. The van der Waals surface area contributed by atoms with Crippen molar-refractivity contribution in [2.24, 2.45) is 10.9 Å². The van der Waals surface area contributed by atoms with Crippen LogP contribution in [0.3, 0.4) is 0 Å². The fraction of sp³-hybridized carbons (Fsp3) is 0.267. The normalized spacial score (nSPS) is 22.1. The summed E-state index contributed by atoms with van der Waals surface area (Å²) in [7, 11) is 0. The first-order valence-electron chi connectivity index (χ1n) is 12.5. The van der Waals surface area contributed by atoms with Crippen LogP contribution < -0.4 is 4.74 Å². The van der Waals surface area contributed by atoms with Crippen molar-refractivity contribution in [1.29, 1.82) is 0 Å². The van der Waals surface area contributed by atoms with Crippen LogP contribution in [0.25, 0.3) is 6.08 Å². The van der Waals surface area contributed by atoms with Gasteiger partial charge in [-0.3, -0.25) is 9.69 Å².